The molecule has 0 amide bonds. The molecule has 1 heterocycles. The van der Waals surface area contributed by atoms with E-state index in [0.717, 1.165) is 38.5 Å². The van der Waals surface area contributed by atoms with E-state index in [9.17, 15) is 24.0 Å². The van der Waals surface area contributed by atoms with Crippen LogP contribution in [0.1, 0.15) is 27.7 Å². The lowest BCUT2D eigenvalue weighted by molar-refractivity contribution is -0.183. The number of aliphatic imine (C=N–C) groups is 1. The van der Waals surface area contributed by atoms with E-state index >= 15 is 0 Å². The molecule has 33 heavy (non-hydrogen) atoms. The second kappa shape index (κ2) is 12.2. The number of nitrogen functional groups attached to an aromatic ring is 1. The molecule has 0 saturated heterocycles. The molecule has 0 saturated carbocycles. The zero-order chi connectivity index (χ0) is 25.3. The summed E-state index contributed by atoms with van der Waals surface area (Å²) in [5.41, 5.74) is 4.78. The predicted molar refractivity (Wildman–Crippen MR) is 112 cm³/mol. The molecule has 0 radical (unpaired) electrons. The molecule has 1 rings (SSSR count). The van der Waals surface area contributed by atoms with E-state index in [1.54, 1.807) is 0 Å². The highest BCUT2D eigenvalue weighted by Crippen LogP contribution is 2.19. The second-order valence-electron chi connectivity index (χ2n) is 6.57. The van der Waals surface area contributed by atoms with E-state index in [1.165, 1.54) is 14.2 Å². The molecule has 1 aromatic rings. The van der Waals surface area contributed by atoms with Crippen LogP contribution >= 0.6 is 0 Å². The molecule has 0 spiro atoms. The van der Waals surface area contributed by atoms with Crippen LogP contribution in [0.2, 0.25) is 0 Å². The molecule has 0 fully saturated rings. The highest BCUT2D eigenvalue weighted by atomic mass is 16.6. The average molecular weight is 470 g/mol. The number of carbonyl (C=O) groups excluding carboxylic acids is 4. The Morgan fingerprint density at radius 1 is 1.03 bits per heavy atom. The Hall–Kier alpha value is -3.97. The van der Waals surface area contributed by atoms with Gasteiger partial charge in [0.05, 0.1) is 7.11 Å². The van der Waals surface area contributed by atoms with Gasteiger partial charge in [-0.2, -0.15) is 4.98 Å². The summed E-state index contributed by atoms with van der Waals surface area (Å²) in [6.45, 7) is 3.81. The summed E-state index contributed by atoms with van der Waals surface area (Å²) in [4.78, 5) is 66.6. The summed E-state index contributed by atoms with van der Waals surface area (Å²) in [6.07, 6.45) is -3.38. The minimum absolute atomic E-state index is 0.0675. The van der Waals surface area contributed by atoms with Crippen LogP contribution in [0.15, 0.2) is 9.79 Å². The summed E-state index contributed by atoms with van der Waals surface area (Å²) in [5, 5.41) is 0. The molecule has 0 aliphatic rings. The first-order valence-electron chi connectivity index (χ1n) is 9.47. The Morgan fingerprint density at radius 3 is 2.09 bits per heavy atom. The summed E-state index contributed by atoms with van der Waals surface area (Å²) in [6, 6.07) is -0.0675. The number of methoxy groups -OCH3 is 1. The van der Waals surface area contributed by atoms with E-state index in [2.05, 4.69) is 9.98 Å². The Bertz CT molecular complexity index is 988. The normalized spacial score (nSPS) is 13.5. The third-order valence-corrected chi connectivity index (χ3v) is 3.85. The van der Waals surface area contributed by atoms with E-state index < -0.39 is 54.4 Å². The Balaban J connectivity index is 3.50. The van der Waals surface area contributed by atoms with Gasteiger partial charge in [-0.1, -0.05) is 0 Å². The zero-order valence-corrected chi connectivity index (χ0v) is 19.0. The zero-order valence-electron chi connectivity index (χ0n) is 19.0. The standard InChI is InChI=1S/C19H26N4O10/c1-9(24)30-8-14(32-11(3)26)16(33-12(4)27)13(31-10(2)25)7-21-15-17(20)22-19(29-6)23(5)18(15)28/h7,13-14,16H,8,20H2,1-6H3. The maximum absolute atomic E-state index is 12.5. The first-order chi connectivity index (χ1) is 15.4. The van der Waals surface area contributed by atoms with Gasteiger partial charge in [0, 0.05) is 41.0 Å². The lowest BCUT2D eigenvalue weighted by atomic mass is 10.1. The predicted octanol–water partition coefficient (Wildman–Crippen LogP) is -0.568. The van der Waals surface area contributed by atoms with Crippen molar-refractivity contribution in [2.24, 2.45) is 12.0 Å². The fraction of sp³-hybridized carbons (Fsp3) is 0.526. The van der Waals surface area contributed by atoms with Crippen LogP contribution in [0, 0.1) is 0 Å². The van der Waals surface area contributed by atoms with Crippen LogP contribution in [-0.4, -0.2) is 71.7 Å². The van der Waals surface area contributed by atoms with E-state index in [4.69, 9.17) is 29.4 Å². The number of carbonyl (C=O) groups is 4. The van der Waals surface area contributed by atoms with Gasteiger partial charge in [0.2, 0.25) is 0 Å². The Labute approximate surface area is 188 Å². The van der Waals surface area contributed by atoms with Crippen molar-refractivity contribution < 1.29 is 42.9 Å². The van der Waals surface area contributed by atoms with Gasteiger partial charge in [0.25, 0.3) is 5.56 Å². The lowest BCUT2D eigenvalue weighted by Gasteiger charge is -2.29. The first kappa shape index (κ1) is 27.1. The summed E-state index contributed by atoms with van der Waals surface area (Å²) >= 11 is 0. The molecule has 3 atom stereocenters. The van der Waals surface area contributed by atoms with Crippen molar-refractivity contribution in [2.75, 3.05) is 19.5 Å². The summed E-state index contributed by atoms with van der Waals surface area (Å²) in [5.74, 6) is -3.42. The molecule has 1 aromatic heterocycles. The molecule has 14 nitrogen and oxygen atoms in total. The van der Waals surface area contributed by atoms with Crippen molar-refractivity contribution in [1.82, 2.24) is 9.55 Å². The van der Waals surface area contributed by atoms with Crippen molar-refractivity contribution in [3.05, 3.63) is 10.4 Å². The highest BCUT2D eigenvalue weighted by molar-refractivity contribution is 5.77. The highest BCUT2D eigenvalue weighted by Gasteiger charge is 2.37. The molecule has 2 N–H and O–H groups in total. The summed E-state index contributed by atoms with van der Waals surface area (Å²) < 4.78 is 26.3. The number of aromatic nitrogens is 2. The van der Waals surface area contributed by atoms with Gasteiger partial charge < -0.3 is 29.4 Å². The fourth-order valence-electron chi connectivity index (χ4n) is 2.57. The fourth-order valence-corrected chi connectivity index (χ4v) is 2.57. The van der Waals surface area contributed by atoms with Crippen LogP contribution in [0.5, 0.6) is 6.01 Å². The van der Waals surface area contributed by atoms with Gasteiger partial charge in [-0.15, -0.1) is 0 Å². The number of nitrogens with two attached hydrogens (primary N) is 1. The Morgan fingerprint density at radius 2 is 1.61 bits per heavy atom. The maximum Gasteiger partial charge on any atom is 0.303 e. The molecule has 0 bridgehead atoms. The molecular weight excluding hydrogens is 444 g/mol. The molecule has 3 unspecified atom stereocenters. The van der Waals surface area contributed by atoms with Gasteiger partial charge >= 0.3 is 29.9 Å². The number of anilines is 1. The molecule has 0 aromatic carbocycles. The number of esters is 4. The van der Waals surface area contributed by atoms with Gasteiger partial charge in [-0.25, -0.2) is 4.99 Å². The van der Waals surface area contributed by atoms with Crippen LogP contribution in [-0.2, 0) is 45.2 Å². The lowest BCUT2D eigenvalue weighted by Crippen LogP contribution is -2.48. The number of ether oxygens (including phenoxy) is 5. The SMILES string of the molecule is COc1nc(N)c(N=CC(OC(C)=O)C(OC(C)=O)C(COC(C)=O)OC(C)=O)c(=O)n1C. The molecule has 182 valence electrons. The maximum atomic E-state index is 12.5. The third kappa shape index (κ3) is 8.23. The number of nitrogens with zero attached hydrogens (tertiary/aromatic N) is 3. The van der Waals surface area contributed by atoms with Gasteiger partial charge in [0.1, 0.15) is 6.61 Å². The first-order valence-corrected chi connectivity index (χ1v) is 9.47. The van der Waals surface area contributed by atoms with Gasteiger partial charge in [0.15, 0.2) is 29.8 Å². The van der Waals surface area contributed by atoms with Crippen LogP contribution < -0.4 is 16.0 Å². The molecule has 0 aliphatic carbocycles. The van der Waals surface area contributed by atoms with Crippen molar-refractivity contribution >= 4 is 41.6 Å². The topological polar surface area (TPSA) is 188 Å². The smallest absolute Gasteiger partial charge is 0.303 e. The molecule has 14 heteroatoms. The quantitative estimate of drug-likeness (QED) is 0.261. The molecule has 0 aliphatic heterocycles. The minimum Gasteiger partial charge on any atom is -0.468 e. The van der Waals surface area contributed by atoms with Gasteiger partial charge in [-0.05, 0) is 0 Å². The number of hydrogen-bond donors (Lipinski definition) is 1. The Kier molecular flexibility index (Phi) is 9.98. The van der Waals surface area contributed by atoms with E-state index in [0.29, 0.717) is 0 Å². The van der Waals surface area contributed by atoms with Crippen LogP contribution in [0.25, 0.3) is 0 Å². The minimum atomic E-state index is -1.49. The van der Waals surface area contributed by atoms with E-state index in [1.807, 2.05) is 0 Å². The number of rotatable bonds is 10. The number of hydrogen-bond acceptors (Lipinski definition) is 13. The second-order valence-corrected chi connectivity index (χ2v) is 6.57. The van der Waals surface area contributed by atoms with Crippen molar-refractivity contribution in [3.8, 4) is 6.01 Å². The largest absolute Gasteiger partial charge is 0.468 e. The van der Waals surface area contributed by atoms with Crippen molar-refractivity contribution in [2.45, 2.75) is 46.0 Å². The van der Waals surface area contributed by atoms with Crippen LogP contribution in [0.4, 0.5) is 11.5 Å². The van der Waals surface area contributed by atoms with Crippen LogP contribution in [0.3, 0.4) is 0 Å². The van der Waals surface area contributed by atoms with E-state index in [-0.39, 0.29) is 17.5 Å². The van der Waals surface area contributed by atoms with Crippen molar-refractivity contribution in [3.63, 3.8) is 0 Å². The average Bonchev–Trinajstić information content (AvgIpc) is 2.70. The summed E-state index contributed by atoms with van der Waals surface area (Å²) in [7, 11) is 2.66. The van der Waals surface area contributed by atoms with Gasteiger partial charge in [-0.3, -0.25) is 28.5 Å². The molecular formula is C19H26N4O10. The third-order valence-electron chi connectivity index (χ3n) is 3.85. The van der Waals surface area contributed by atoms with Crippen molar-refractivity contribution in [1.29, 1.82) is 0 Å². The monoisotopic (exact) mass is 470 g/mol.